The first-order chi connectivity index (χ1) is 11.1. The zero-order chi connectivity index (χ0) is 17.1. The number of likely N-dealkylation sites (tertiary alicyclic amines) is 1. The van der Waals surface area contributed by atoms with Crippen molar-refractivity contribution in [1.29, 1.82) is 0 Å². The maximum absolute atomic E-state index is 5.36. The minimum Gasteiger partial charge on any atom is -0.382 e. The molecule has 1 fully saturated rings. The molecule has 0 aliphatic carbocycles. The number of hydrogen-bond acceptors (Lipinski definition) is 3. The van der Waals surface area contributed by atoms with E-state index in [0.717, 1.165) is 44.6 Å². The second kappa shape index (κ2) is 14.1. The van der Waals surface area contributed by atoms with Crippen molar-refractivity contribution in [3.05, 3.63) is 0 Å². The van der Waals surface area contributed by atoms with E-state index in [-0.39, 0.29) is 24.0 Å². The van der Waals surface area contributed by atoms with Gasteiger partial charge in [-0.3, -0.25) is 9.89 Å². The second-order valence-corrected chi connectivity index (χ2v) is 6.96. The third-order valence-electron chi connectivity index (χ3n) is 4.72. The summed E-state index contributed by atoms with van der Waals surface area (Å²) >= 11 is 0. The summed E-state index contributed by atoms with van der Waals surface area (Å²) in [5.74, 6) is 2.43. The number of hydrogen-bond donors (Lipinski definition) is 2. The molecule has 1 aliphatic heterocycles. The van der Waals surface area contributed by atoms with Gasteiger partial charge in [-0.15, -0.1) is 24.0 Å². The molecule has 1 heterocycles. The van der Waals surface area contributed by atoms with Crippen LogP contribution in [0.5, 0.6) is 0 Å². The van der Waals surface area contributed by atoms with Crippen molar-refractivity contribution < 1.29 is 4.74 Å². The molecule has 2 N–H and O–H groups in total. The number of halogens is 1. The maximum Gasteiger partial charge on any atom is 0.191 e. The van der Waals surface area contributed by atoms with E-state index in [0.29, 0.717) is 12.0 Å². The monoisotopic (exact) mass is 454 g/mol. The number of nitrogens with one attached hydrogen (secondary N) is 2. The first-order valence-corrected chi connectivity index (χ1v) is 9.34. The highest BCUT2D eigenvalue weighted by atomic mass is 127. The van der Waals surface area contributed by atoms with Gasteiger partial charge in [0, 0.05) is 39.4 Å². The summed E-state index contributed by atoms with van der Waals surface area (Å²) in [6, 6.07) is 0.574. The highest BCUT2D eigenvalue weighted by Gasteiger charge is 2.25. The van der Waals surface area contributed by atoms with Crippen molar-refractivity contribution in [2.24, 2.45) is 16.8 Å². The number of rotatable bonds is 9. The molecule has 0 radical (unpaired) electrons. The van der Waals surface area contributed by atoms with Gasteiger partial charge in [0.2, 0.25) is 0 Å². The summed E-state index contributed by atoms with van der Waals surface area (Å²) < 4.78 is 5.36. The molecule has 1 rings (SSSR count). The van der Waals surface area contributed by atoms with E-state index in [2.05, 4.69) is 41.3 Å². The molecule has 6 heteroatoms. The molecule has 0 spiro atoms. The molecule has 1 atom stereocenters. The molecular weight excluding hydrogens is 415 g/mol. The summed E-state index contributed by atoms with van der Waals surface area (Å²) in [4.78, 5) is 6.98. The summed E-state index contributed by atoms with van der Waals surface area (Å²) in [6.07, 6.45) is 3.66. The van der Waals surface area contributed by atoms with Crippen molar-refractivity contribution in [2.45, 2.75) is 53.0 Å². The Kier molecular flexibility index (Phi) is 14.1. The first-order valence-electron chi connectivity index (χ1n) is 9.34. The quantitative estimate of drug-likeness (QED) is 0.244. The Balaban J connectivity index is 0.00000529. The van der Waals surface area contributed by atoms with Crippen molar-refractivity contribution in [3.63, 3.8) is 0 Å². The van der Waals surface area contributed by atoms with Crippen molar-refractivity contribution in [2.75, 3.05) is 46.4 Å². The maximum atomic E-state index is 5.36. The van der Waals surface area contributed by atoms with Crippen LogP contribution in [0.25, 0.3) is 0 Å². The van der Waals surface area contributed by atoms with Crippen molar-refractivity contribution >= 4 is 29.9 Å². The Morgan fingerprint density at radius 2 is 1.92 bits per heavy atom. The van der Waals surface area contributed by atoms with Gasteiger partial charge in [-0.2, -0.15) is 0 Å². The Labute approximate surface area is 166 Å². The van der Waals surface area contributed by atoms with Gasteiger partial charge in [0.1, 0.15) is 0 Å². The molecule has 24 heavy (non-hydrogen) atoms. The third-order valence-corrected chi connectivity index (χ3v) is 4.72. The molecule has 0 saturated carbocycles. The summed E-state index contributed by atoms with van der Waals surface area (Å²) in [5.41, 5.74) is 0. The van der Waals surface area contributed by atoms with Crippen molar-refractivity contribution in [3.8, 4) is 0 Å². The SMILES string of the molecule is CCOCCCNC(=NC)NCC(C(C)C)N1CCC(C)CC1.I. The van der Waals surface area contributed by atoms with Gasteiger partial charge in [0.05, 0.1) is 0 Å². The van der Waals surface area contributed by atoms with Gasteiger partial charge < -0.3 is 15.4 Å². The van der Waals surface area contributed by atoms with Crippen LogP contribution < -0.4 is 10.6 Å². The fourth-order valence-corrected chi connectivity index (χ4v) is 3.09. The van der Waals surface area contributed by atoms with Crippen LogP contribution in [0.2, 0.25) is 0 Å². The van der Waals surface area contributed by atoms with E-state index < -0.39 is 0 Å². The number of guanidine groups is 1. The van der Waals surface area contributed by atoms with Crippen LogP contribution >= 0.6 is 24.0 Å². The molecular formula is C18H39IN4O. The molecule has 0 amide bonds. The predicted octanol–water partition coefficient (Wildman–Crippen LogP) is 2.95. The van der Waals surface area contributed by atoms with E-state index >= 15 is 0 Å². The fourth-order valence-electron chi connectivity index (χ4n) is 3.09. The molecule has 1 unspecified atom stereocenters. The third kappa shape index (κ3) is 9.42. The fraction of sp³-hybridized carbons (Fsp3) is 0.944. The highest BCUT2D eigenvalue weighted by Crippen LogP contribution is 2.20. The van der Waals surface area contributed by atoms with E-state index in [1.165, 1.54) is 25.9 Å². The molecule has 1 aliphatic rings. The minimum absolute atomic E-state index is 0. The Hall–Kier alpha value is -0.0800. The van der Waals surface area contributed by atoms with Crippen LogP contribution in [0.15, 0.2) is 4.99 Å². The lowest BCUT2D eigenvalue weighted by Crippen LogP contribution is -2.51. The van der Waals surface area contributed by atoms with Crippen LogP contribution in [0.1, 0.15) is 47.0 Å². The Morgan fingerprint density at radius 1 is 1.25 bits per heavy atom. The van der Waals surface area contributed by atoms with Crippen LogP contribution in [0, 0.1) is 11.8 Å². The van der Waals surface area contributed by atoms with E-state index in [1.807, 2.05) is 14.0 Å². The number of piperidine rings is 1. The zero-order valence-corrected chi connectivity index (χ0v) is 18.6. The molecule has 0 bridgehead atoms. The average molecular weight is 454 g/mol. The van der Waals surface area contributed by atoms with Crippen LogP contribution in [-0.4, -0.2) is 63.3 Å². The van der Waals surface area contributed by atoms with Gasteiger partial charge in [0.25, 0.3) is 0 Å². The van der Waals surface area contributed by atoms with Gasteiger partial charge in [0.15, 0.2) is 5.96 Å². The predicted molar refractivity (Wildman–Crippen MR) is 114 cm³/mol. The smallest absolute Gasteiger partial charge is 0.191 e. The van der Waals surface area contributed by atoms with Crippen LogP contribution in [0.3, 0.4) is 0 Å². The standard InChI is InChI=1S/C18H38N4O.HI/c1-6-23-13-7-10-20-18(19-5)21-14-17(15(2)3)22-11-8-16(4)9-12-22;/h15-17H,6-14H2,1-5H3,(H2,19,20,21);1H. The highest BCUT2D eigenvalue weighted by molar-refractivity contribution is 14.0. The number of ether oxygens (including phenoxy) is 1. The van der Waals surface area contributed by atoms with E-state index in [4.69, 9.17) is 4.74 Å². The number of nitrogens with zero attached hydrogens (tertiary/aromatic N) is 2. The Bertz CT molecular complexity index is 331. The average Bonchev–Trinajstić information content (AvgIpc) is 2.54. The lowest BCUT2D eigenvalue weighted by molar-refractivity contribution is 0.110. The molecule has 0 aromatic carbocycles. The molecule has 144 valence electrons. The molecule has 5 nitrogen and oxygen atoms in total. The van der Waals surface area contributed by atoms with Crippen LogP contribution in [0.4, 0.5) is 0 Å². The normalized spacial score (nSPS) is 18.3. The minimum atomic E-state index is 0. The molecule has 1 saturated heterocycles. The Morgan fingerprint density at radius 3 is 2.46 bits per heavy atom. The van der Waals surface area contributed by atoms with E-state index in [9.17, 15) is 0 Å². The topological polar surface area (TPSA) is 48.9 Å². The largest absolute Gasteiger partial charge is 0.382 e. The lowest BCUT2D eigenvalue weighted by atomic mass is 9.94. The summed E-state index contributed by atoms with van der Waals surface area (Å²) in [7, 11) is 1.84. The second-order valence-electron chi connectivity index (χ2n) is 6.96. The van der Waals surface area contributed by atoms with Gasteiger partial charge in [-0.25, -0.2) is 0 Å². The van der Waals surface area contributed by atoms with Crippen LogP contribution in [-0.2, 0) is 4.74 Å². The molecule has 0 aromatic heterocycles. The summed E-state index contributed by atoms with van der Waals surface area (Å²) in [6.45, 7) is 14.9. The summed E-state index contributed by atoms with van der Waals surface area (Å²) in [5, 5.41) is 6.88. The van der Waals surface area contributed by atoms with Crippen molar-refractivity contribution in [1.82, 2.24) is 15.5 Å². The first kappa shape index (κ1) is 23.9. The van der Waals surface area contributed by atoms with Gasteiger partial charge >= 0.3 is 0 Å². The van der Waals surface area contributed by atoms with Gasteiger partial charge in [-0.1, -0.05) is 20.8 Å². The molecule has 0 aromatic rings. The number of aliphatic imine (C=N–C) groups is 1. The van der Waals surface area contributed by atoms with Gasteiger partial charge in [-0.05, 0) is 51.1 Å². The van der Waals surface area contributed by atoms with E-state index in [1.54, 1.807) is 0 Å². The zero-order valence-electron chi connectivity index (χ0n) is 16.3. The lowest BCUT2D eigenvalue weighted by Gasteiger charge is -2.39.